The summed E-state index contributed by atoms with van der Waals surface area (Å²) in [5, 5.41) is 8.61. The van der Waals surface area contributed by atoms with E-state index in [-0.39, 0.29) is 12.4 Å². The molecule has 0 saturated heterocycles. The predicted octanol–water partition coefficient (Wildman–Crippen LogP) is 2.31. The summed E-state index contributed by atoms with van der Waals surface area (Å²) < 4.78 is 5.50. The van der Waals surface area contributed by atoms with Gasteiger partial charge >= 0.3 is 0 Å². The molecule has 0 aliphatic heterocycles. The lowest BCUT2D eigenvalue weighted by atomic mass is 9.93. The molecule has 1 atom stereocenters. The number of hydrogen-bond acceptors (Lipinski definition) is 3. The van der Waals surface area contributed by atoms with E-state index in [1.807, 2.05) is 20.8 Å². The van der Waals surface area contributed by atoms with Crippen molar-refractivity contribution in [3.8, 4) is 0 Å². The van der Waals surface area contributed by atoms with Gasteiger partial charge in [-0.05, 0) is 33.1 Å². The number of carbonyl (C=O) groups excluding carboxylic acids is 1. The fourth-order valence-corrected chi connectivity index (χ4v) is 1.54. The van der Waals surface area contributed by atoms with Crippen LogP contribution in [0, 0.1) is 0 Å². The van der Waals surface area contributed by atoms with Crippen LogP contribution in [0.1, 0.15) is 52.9 Å². The first kappa shape index (κ1) is 14.6. The zero-order valence-corrected chi connectivity index (χ0v) is 10.2. The van der Waals surface area contributed by atoms with Crippen molar-refractivity contribution in [2.24, 2.45) is 0 Å². The second-order valence-electron chi connectivity index (χ2n) is 3.97. The van der Waals surface area contributed by atoms with Gasteiger partial charge in [0.2, 0.25) is 0 Å². The van der Waals surface area contributed by atoms with Crippen LogP contribution < -0.4 is 0 Å². The monoisotopic (exact) mass is 216 g/mol. The first-order valence-electron chi connectivity index (χ1n) is 5.88. The molecule has 0 rings (SSSR count). The molecule has 0 radical (unpaired) electrons. The van der Waals surface area contributed by atoms with Crippen molar-refractivity contribution in [1.82, 2.24) is 0 Å². The fourth-order valence-electron chi connectivity index (χ4n) is 1.54. The van der Waals surface area contributed by atoms with Crippen LogP contribution >= 0.6 is 0 Å². The van der Waals surface area contributed by atoms with Crippen molar-refractivity contribution in [3.05, 3.63) is 0 Å². The lowest BCUT2D eigenvalue weighted by Gasteiger charge is -2.26. The zero-order chi connectivity index (χ0) is 11.7. The maximum absolute atomic E-state index is 11.9. The molecule has 1 N–H and O–H groups in total. The standard InChI is InChI=1S/C12H24O3/c1-4-12(3,15-5-2)11(14)9-7-6-8-10-13/h13H,4-10H2,1-3H3. The van der Waals surface area contributed by atoms with Gasteiger partial charge in [-0.15, -0.1) is 0 Å². The Balaban J connectivity index is 3.93. The van der Waals surface area contributed by atoms with Crippen molar-refractivity contribution >= 4 is 5.78 Å². The van der Waals surface area contributed by atoms with E-state index in [9.17, 15) is 4.79 Å². The van der Waals surface area contributed by atoms with Crippen LogP contribution in [0.3, 0.4) is 0 Å². The molecular formula is C12H24O3. The van der Waals surface area contributed by atoms with Crippen LogP contribution in [0.25, 0.3) is 0 Å². The second kappa shape index (κ2) is 7.83. The Kier molecular flexibility index (Phi) is 7.61. The van der Waals surface area contributed by atoms with Crippen molar-refractivity contribution < 1.29 is 14.6 Å². The number of Topliss-reactive ketones (excluding diaryl/α,β-unsaturated/α-hetero) is 1. The minimum Gasteiger partial charge on any atom is -0.396 e. The van der Waals surface area contributed by atoms with Gasteiger partial charge in [-0.25, -0.2) is 0 Å². The molecule has 0 bridgehead atoms. The van der Waals surface area contributed by atoms with Gasteiger partial charge in [0.15, 0.2) is 5.78 Å². The maximum Gasteiger partial charge on any atom is 0.164 e. The Hall–Kier alpha value is -0.410. The molecule has 0 heterocycles. The fraction of sp³-hybridized carbons (Fsp3) is 0.917. The Morgan fingerprint density at radius 3 is 2.40 bits per heavy atom. The van der Waals surface area contributed by atoms with Crippen molar-refractivity contribution in [3.63, 3.8) is 0 Å². The molecule has 0 aromatic heterocycles. The van der Waals surface area contributed by atoms with Gasteiger partial charge in [0.05, 0.1) is 0 Å². The van der Waals surface area contributed by atoms with E-state index in [4.69, 9.17) is 9.84 Å². The number of carbonyl (C=O) groups is 1. The molecule has 0 aromatic carbocycles. The summed E-state index contributed by atoms with van der Waals surface area (Å²) in [5.74, 6) is 0.185. The zero-order valence-electron chi connectivity index (χ0n) is 10.2. The van der Waals surface area contributed by atoms with Crippen LogP contribution in [0.2, 0.25) is 0 Å². The molecule has 0 aliphatic rings. The molecule has 15 heavy (non-hydrogen) atoms. The first-order chi connectivity index (χ1) is 7.10. The van der Waals surface area contributed by atoms with Gasteiger partial charge < -0.3 is 9.84 Å². The number of aliphatic hydroxyl groups excluding tert-OH is 1. The normalized spacial score (nSPS) is 14.9. The Morgan fingerprint density at radius 2 is 1.93 bits per heavy atom. The third-order valence-corrected chi connectivity index (χ3v) is 2.79. The summed E-state index contributed by atoms with van der Waals surface area (Å²) in [7, 11) is 0. The number of aliphatic hydroxyl groups is 1. The molecule has 0 fully saturated rings. The predicted molar refractivity (Wildman–Crippen MR) is 60.9 cm³/mol. The van der Waals surface area contributed by atoms with Crippen LogP contribution in [-0.2, 0) is 9.53 Å². The summed E-state index contributed by atoms with van der Waals surface area (Å²) in [6, 6.07) is 0. The maximum atomic E-state index is 11.9. The third kappa shape index (κ3) is 5.28. The number of hydrogen-bond donors (Lipinski definition) is 1. The van der Waals surface area contributed by atoms with E-state index in [0.717, 1.165) is 25.7 Å². The Bertz CT molecular complexity index is 180. The van der Waals surface area contributed by atoms with Crippen molar-refractivity contribution in [1.29, 1.82) is 0 Å². The minimum atomic E-state index is -0.603. The number of rotatable bonds is 9. The lowest BCUT2D eigenvalue weighted by Crippen LogP contribution is -2.37. The molecule has 0 amide bonds. The summed E-state index contributed by atoms with van der Waals surface area (Å²) >= 11 is 0. The largest absolute Gasteiger partial charge is 0.396 e. The highest BCUT2D eigenvalue weighted by molar-refractivity contribution is 5.86. The molecule has 0 spiro atoms. The summed E-state index contributed by atoms with van der Waals surface area (Å²) in [6.07, 6.45) is 3.82. The highest BCUT2D eigenvalue weighted by Crippen LogP contribution is 2.19. The molecular weight excluding hydrogens is 192 g/mol. The van der Waals surface area contributed by atoms with E-state index in [2.05, 4.69) is 0 Å². The Morgan fingerprint density at radius 1 is 1.27 bits per heavy atom. The molecule has 0 aromatic rings. The quantitative estimate of drug-likeness (QED) is 0.602. The SMILES string of the molecule is CCOC(C)(CC)C(=O)CCCCCO. The summed E-state index contributed by atoms with van der Waals surface area (Å²) in [4.78, 5) is 11.9. The van der Waals surface area contributed by atoms with E-state index >= 15 is 0 Å². The van der Waals surface area contributed by atoms with Gasteiger partial charge in [-0.1, -0.05) is 13.3 Å². The summed E-state index contributed by atoms with van der Waals surface area (Å²) in [5.41, 5.74) is -0.603. The average Bonchev–Trinajstić information content (AvgIpc) is 2.24. The number of ketones is 1. The van der Waals surface area contributed by atoms with Gasteiger partial charge in [-0.3, -0.25) is 4.79 Å². The minimum absolute atomic E-state index is 0.185. The average molecular weight is 216 g/mol. The molecule has 3 nitrogen and oxygen atoms in total. The van der Waals surface area contributed by atoms with E-state index in [0.29, 0.717) is 13.0 Å². The lowest BCUT2D eigenvalue weighted by molar-refractivity contribution is -0.142. The number of ether oxygens (including phenoxy) is 1. The summed E-state index contributed by atoms with van der Waals surface area (Å²) in [6.45, 7) is 6.54. The smallest absolute Gasteiger partial charge is 0.164 e. The molecule has 1 unspecified atom stereocenters. The van der Waals surface area contributed by atoms with Gasteiger partial charge in [0.1, 0.15) is 5.60 Å². The van der Waals surface area contributed by atoms with Crippen molar-refractivity contribution in [2.45, 2.75) is 58.5 Å². The van der Waals surface area contributed by atoms with E-state index in [1.54, 1.807) is 0 Å². The van der Waals surface area contributed by atoms with E-state index in [1.165, 1.54) is 0 Å². The van der Waals surface area contributed by atoms with Crippen molar-refractivity contribution in [2.75, 3.05) is 13.2 Å². The van der Waals surface area contributed by atoms with Crippen LogP contribution in [-0.4, -0.2) is 29.7 Å². The highest BCUT2D eigenvalue weighted by Gasteiger charge is 2.30. The molecule has 90 valence electrons. The van der Waals surface area contributed by atoms with Gasteiger partial charge in [-0.2, -0.15) is 0 Å². The molecule has 0 saturated carbocycles. The van der Waals surface area contributed by atoms with Crippen LogP contribution in [0.5, 0.6) is 0 Å². The molecule has 3 heteroatoms. The molecule has 0 aliphatic carbocycles. The van der Waals surface area contributed by atoms with Crippen LogP contribution in [0.15, 0.2) is 0 Å². The Labute approximate surface area is 92.8 Å². The number of unbranched alkanes of at least 4 members (excludes halogenated alkanes) is 2. The topological polar surface area (TPSA) is 46.5 Å². The van der Waals surface area contributed by atoms with Crippen LogP contribution in [0.4, 0.5) is 0 Å². The van der Waals surface area contributed by atoms with Gasteiger partial charge in [0, 0.05) is 19.6 Å². The third-order valence-electron chi connectivity index (χ3n) is 2.79. The van der Waals surface area contributed by atoms with Gasteiger partial charge in [0.25, 0.3) is 0 Å². The van der Waals surface area contributed by atoms with E-state index < -0.39 is 5.60 Å². The first-order valence-corrected chi connectivity index (χ1v) is 5.88. The second-order valence-corrected chi connectivity index (χ2v) is 3.97. The highest BCUT2D eigenvalue weighted by atomic mass is 16.5.